The molecule has 0 saturated heterocycles. The van der Waals surface area contributed by atoms with E-state index in [4.69, 9.17) is 5.73 Å². The van der Waals surface area contributed by atoms with Crippen LogP contribution in [0.5, 0.6) is 0 Å². The molecule has 3 N–H and O–H groups in total. The number of aromatic nitrogens is 3. The summed E-state index contributed by atoms with van der Waals surface area (Å²) in [5, 5.41) is 7.08. The van der Waals surface area contributed by atoms with Crippen molar-refractivity contribution < 1.29 is 8.42 Å². The number of hydrogen-bond donors (Lipinski definition) is 2. The van der Waals surface area contributed by atoms with Gasteiger partial charge in [-0.05, 0) is 22.9 Å². The van der Waals surface area contributed by atoms with Crippen LogP contribution in [0.3, 0.4) is 0 Å². The summed E-state index contributed by atoms with van der Waals surface area (Å²) in [6.07, 6.45) is 0. The molecule has 0 saturated carbocycles. The average Bonchev–Trinajstić information content (AvgIpc) is 2.45. The molecule has 1 rings (SSSR count). The van der Waals surface area contributed by atoms with Crippen LogP contribution in [0, 0.1) is 0 Å². The fourth-order valence-electron chi connectivity index (χ4n) is 0.955. The van der Waals surface area contributed by atoms with Gasteiger partial charge in [0.25, 0.3) is 10.0 Å². The lowest BCUT2D eigenvalue weighted by Crippen LogP contribution is -2.41. The Morgan fingerprint density at radius 2 is 2.25 bits per heavy atom. The van der Waals surface area contributed by atoms with E-state index in [0.717, 1.165) is 4.68 Å². The molecule has 0 aliphatic heterocycles. The van der Waals surface area contributed by atoms with E-state index < -0.39 is 16.1 Å². The molecule has 1 aromatic heterocycles. The van der Waals surface area contributed by atoms with Gasteiger partial charge in [0, 0.05) is 7.05 Å². The topological polar surface area (TPSA) is 103 Å². The average molecular weight is 328 g/mol. The van der Waals surface area contributed by atoms with Gasteiger partial charge in [0.2, 0.25) is 5.03 Å². The smallest absolute Gasteiger partial charge is 0.261 e. The predicted molar refractivity (Wildman–Crippen MR) is 65.3 cm³/mol. The second-order valence-corrected chi connectivity index (χ2v) is 5.91. The number of sulfonamides is 1. The molecule has 0 aromatic carbocycles. The van der Waals surface area contributed by atoms with Crippen LogP contribution in [-0.2, 0) is 17.1 Å². The van der Waals surface area contributed by atoms with Gasteiger partial charge < -0.3 is 5.73 Å². The standard InChI is InChI=1S/C6H10BrN5O2S2/c1-3(5(8)15)10-16(13,14)6-4(7)9-11-12(6)2/h3,10H,1-2H3,(H2,8,15). The quantitative estimate of drug-likeness (QED) is 0.725. The molecule has 7 nitrogen and oxygen atoms in total. The van der Waals surface area contributed by atoms with E-state index in [-0.39, 0.29) is 14.6 Å². The molecule has 1 aromatic rings. The number of nitrogens with two attached hydrogens (primary N) is 1. The molecule has 0 fully saturated rings. The maximum absolute atomic E-state index is 11.9. The normalized spacial score (nSPS) is 13.7. The van der Waals surface area contributed by atoms with E-state index in [1.807, 2.05) is 0 Å². The van der Waals surface area contributed by atoms with Gasteiger partial charge in [0.05, 0.1) is 11.0 Å². The van der Waals surface area contributed by atoms with Crippen molar-refractivity contribution in [3.8, 4) is 0 Å². The summed E-state index contributed by atoms with van der Waals surface area (Å²) in [5.74, 6) is 0. The summed E-state index contributed by atoms with van der Waals surface area (Å²) in [6.45, 7) is 1.55. The highest BCUT2D eigenvalue weighted by molar-refractivity contribution is 9.10. The molecule has 0 bridgehead atoms. The van der Waals surface area contributed by atoms with E-state index in [1.54, 1.807) is 6.92 Å². The fourth-order valence-corrected chi connectivity index (χ4v) is 3.41. The minimum atomic E-state index is -3.75. The molecular formula is C6H10BrN5O2S2. The van der Waals surface area contributed by atoms with Crippen molar-refractivity contribution >= 4 is 43.2 Å². The van der Waals surface area contributed by atoms with E-state index in [1.165, 1.54) is 7.05 Å². The van der Waals surface area contributed by atoms with Crippen molar-refractivity contribution in [2.24, 2.45) is 12.8 Å². The molecule has 0 aliphatic carbocycles. The maximum atomic E-state index is 11.9. The summed E-state index contributed by atoms with van der Waals surface area (Å²) in [7, 11) is -2.28. The van der Waals surface area contributed by atoms with Gasteiger partial charge in [-0.15, -0.1) is 5.10 Å². The van der Waals surface area contributed by atoms with E-state index in [0.29, 0.717) is 0 Å². The van der Waals surface area contributed by atoms with Gasteiger partial charge in [-0.1, -0.05) is 17.4 Å². The third kappa shape index (κ3) is 2.75. The molecule has 1 atom stereocenters. The molecule has 90 valence electrons. The predicted octanol–water partition coefficient (Wildman–Crippen LogP) is -0.469. The van der Waals surface area contributed by atoms with Crippen molar-refractivity contribution in [2.75, 3.05) is 0 Å². The maximum Gasteiger partial charge on any atom is 0.261 e. The highest BCUT2D eigenvalue weighted by Crippen LogP contribution is 2.17. The SMILES string of the molecule is CC(NS(=O)(=O)c1c(Br)nnn1C)C(N)=S. The van der Waals surface area contributed by atoms with Crippen LogP contribution in [0.2, 0.25) is 0 Å². The van der Waals surface area contributed by atoms with Crippen LogP contribution in [0.15, 0.2) is 9.63 Å². The lowest BCUT2D eigenvalue weighted by molar-refractivity contribution is 0.558. The number of nitrogens with zero attached hydrogens (tertiary/aromatic N) is 3. The van der Waals surface area contributed by atoms with Gasteiger partial charge in [0.1, 0.15) is 0 Å². The van der Waals surface area contributed by atoms with Crippen molar-refractivity contribution in [2.45, 2.75) is 18.0 Å². The number of rotatable bonds is 4. The summed E-state index contributed by atoms with van der Waals surface area (Å²) < 4.78 is 27.4. The molecule has 0 amide bonds. The van der Waals surface area contributed by atoms with Crippen molar-refractivity contribution in [1.29, 1.82) is 0 Å². The Morgan fingerprint density at radius 3 is 2.62 bits per heavy atom. The molecule has 10 heteroatoms. The molecule has 0 radical (unpaired) electrons. The Hall–Kier alpha value is -0.580. The molecule has 1 heterocycles. The van der Waals surface area contributed by atoms with Crippen LogP contribution in [0.25, 0.3) is 0 Å². The van der Waals surface area contributed by atoms with Crippen LogP contribution >= 0.6 is 28.1 Å². The zero-order valence-electron chi connectivity index (χ0n) is 8.51. The second-order valence-electron chi connectivity index (χ2n) is 3.05. The monoisotopic (exact) mass is 327 g/mol. The van der Waals surface area contributed by atoms with Crippen LogP contribution in [-0.4, -0.2) is 34.4 Å². The largest absolute Gasteiger partial charge is 0.392 e. The van der Waals surface area contributed by atoms with Crippen molar-refractivity contribution in [3.05, 3.63) is 4.60 Å². The van der Waals surface area contributed by atoms with E-state index in [2.05, 4.69) is 43.2 Å². The van der Waals surface area contributed by atoms with Crippen molar-refractivity contribution in [1.82, 2.24) is 19.7 Å². The molecule has 16 heavy (non-hydrogen) atoms. The van der Waals surface area contributed by atoms with Crippen LogP contribution < -0.4 is 10.5 Å². The number of nitrogens with one attached hydrogen (secondary N) is 1. The fraction of sp³-hybridized carbons (Fsp3) is 0.500. The zero-order valence-corrected chi connectivity index (χ0v) is 11.7. The highest BCUT2D eigenvalue weighted by Gasteiger charge is 2.26. The number of aryl methyl sites for hydroxylation is 1. The Kier molecular flexibility index (Phi) is 3.99. The number of hydrogen-bond acceptors (Lipinski definition) is 5. The van der Waals surface area contributed by atoms with Crippen LogP contribution in [0.1, 0.15) is 6.92 Å². The van der Waals surface area contributed by atoms with E-state index in [9.17, 15) is 8.42 Å². The summed E-state index contributed by atoms with van der Waals surface area (Å²) >= 11 is 7.68. The van der Waals surface area contributed by atoms with Gasteiger partial charge in [0.15, 0.2) is 4.60 Å². The Bertz CT molecular complexity index is 491. The number of thiocarbonyl (C=S) groups is 1. The summed E-state index contributed by atoms with van der Waals surface area (Å²) in [5.41, 5.74) is 5.33. The molecule has 0 aliphatic rings. The first-order valence-electron chi connectivity index (χ1n) is 4.12. The van der Waals surface area contributed by atoms with Crippen molar-refractivity contribution in [3.63, 3.8) is 0 Å². The molecule has 0 spiro atoms. The minimum Gasteiger partial charge on any atom is -0.392 e. The lowest BCUT2D eigenvalue weighted by Gasteiger charge is -2.12. The van der Waals surface area contributed by atoms with Gasteiger partial charge >= 0.3 is 0 Å². The van der Waals surface area contributed by atoms with Crippen LogP contribution in [0.4, 0.5) is 0 Å². The van der Waals surface area contributed by atoms with Gasteiger partial charge in [-0.2, -0.15) is 0 Å². The molecular weight excluding hydrogens is 318 g/mol. The first kappa shape index (κ1) is 13.5. The summed E-state index contributed by atoms with van der Waals surface area (Å²) in [6, 6.07) is -0.637. The first-order valence-corrected chi connectivity index (χ1v) is 6.81. The Balaban J connectivity index is 3.09. The Labute approximate surface area is 107 Å². The third-order valence-corrected chi connectivity index (χ3v) is 4.53. The molecule has 1 unspecified atom stereocenters. The third-order valence-electron chi connectivity index (χ3n) is 1.75. The minimum absolute atomic E-state index is 0.0647. The number of halogens is 1. The second kappa shape index (κ2) is 4.73. The first-order chi connectivity index (χ1) is 7.25. The van der Waals surface area contributed by atoms with E-state index >= 15 is 0 Å². The lowest BCUT2D eigenvalue weighted by atomic mass is 10.4. The van der Waals surface area contributed by atoms with Gasteiger partial charge in [-0.3, -0.25) is 0 Å². The highest BCUT2D eigenvalue weighted by atomic mass is 79.9. The zero-order chi connectivity index (χ0) is 12.5. The summed E-state index contributed by atoms with van der Waals surface area (Å²) in [4.78, 5) is 0.0647. The Morgan fingerprint density at radius 1 is 1.69 bits per heavy atom. The van der Waals surface area contributed by atoms with Gasteiger partial charge in [-0.25, -0.2) is 17.8 Å².